The van der Waals surface area contributed by atoms with Gasteiger partial charge in [0.15, 0.2) is 0 Å². The van der Waals surface area contributed by atoms with Gasteiger partial charge in [-0.05, 0) is 22.4 Å². The summed E-state index contributed by atoms with van der Waals surface area (Å²) in [6.45, 7) is 0. The average Bonchev–Trinajstić information content (AvgIpc) is 2.27. The lowest BCUT2D eigenvalue weighted by atomic mass is 10.0. The number of hydrogen-bond donors (Lipinski definition) is 0. The normalized spacial score (nSPS) is 11.2. The smallest absolute Gasteiger partial charge is 0.205 e. The van der Waals surface area contributed by atoms with E-state index in [1.807, 2.05) is 24.3 Å². The van der Waals surface area contributed by atoms with Gasteiger partial charge in [0.1, 0.15) is 0 Å². The second kappa shape index (κ2) is 4.27. The van der Waals surface area contributed by atoms with Crippen LogP contribution in [0.1, 0.15) is 17.6 Å². The van der Waals surface area contributed by atoms with Crippen LogP contribution in [0.3, 0.4) is 0 Å². The van der Waals surface area contributed by atoms with E-state index in [0.29, 0.717) is 10.7 Å². The molecule has 3 heteroatoms. The van der Waals surface area contributed by atoms with E-state index in [2.05, 4.69) is 15.9 Å². The third-order valence-electron chi connectivity index (χ3n) is 2.37. The fourth-order valence-corrected chi connectivity index (χ4v) is 1.97. The maximum absolute atomic E-state index is 12.7. The van der Waals surface area contributed by atoms with Crippen molar-refractivity contribution < 1.29 is 8.78 Å². The Bertz CT molecular complexity index is 480. The van der Waals surface area contributed by atoms with Crippen LogP contribution in [0.15, 0.2) is 36.4 Å². The van der Waals surface area contributed by atoms with Gasteiger partial charge in [0.05, 0.1) is 0 Å². The van der Waals surface area contributed by atoms with Crippen LogP contribution in [0.2, 0.25) is 0 Å². The molecule has 0 aliphatic carbocycles. The summed E-state index contributed by atoms with van der Waals surface area (Å²) in [5.41, 5.74) is 1.12. The molecular weight excluding hydrogens is 262 g/mol. The van der Waals surface area contributed by atoms with Crippen LogP contribution in [0, 0.1) is 0 Å². The minimum atomic E-state index is -2.42. The largest absolute Gasteiger partial charge is 0.264 e. The monoisotopic (exact) mass is 270 g/mol. The van der Waals surface area contributed by atoms with Crippen molar-refractivity contribution in [2.24, 2.45) is 0 Å². The molecule has 0 bridgehead atoms. The third kappa shape index (κ3) is 2.02. The van der Waals surface area contributed by atoms with Gasteiger partial charge in [0.25, 0.3) is 6.43 Å². The molecule has 0 nitrogen and oxygen atoms in total. The van der Waals surface area contributed by atoms with Crippen molar-refractivity contribution >= 4 is 26.7 Å². The first-order chi connectivity index (χ1) is 7.22. The molecule has 2 aromatic rings. The molecule has 0 atom stereocenters. The predicted molar refractivity (Wildman–Crippen MR) is 61.5 cm³/mol. The fraction of sp³-hybridized carbons (Fsp3) is 0.167. The van der Waals surface area contributed by atoms with Gasteiger partial charge in [-0.1, -0.05) is 46.3 Å². The number of benzene rings is 2. The van der Waals surface area contributed by atoms with Crippen molar-refractivity contribution in [1.29, 1.82) is 0 Å². The van der Waals surface area contributed by atoms with E-state index in [1.54, 1.807) is 6.07 Å². The highest BCUT2D eigenvalue weighted by atomic mass is 79.9. The molecule has 0 aromatic heterocycles. The molecule has 2 aromatic carbocycles. The van der Waals surface area contributed by atoms with E-state index in [1.165, 1.54) is 6.07 Å². The Labute approximate surface area is 95.0 Å². The third-order valence-corrected chi connectivity index (χ3v) is 3.02. The zero-order chi connectivity index (χ0) is 10.8. The summed E-state index contributed by atoms with van der Waals surface area (Å²) in [7, 11) is 0. The first kappa shape index (κ1) is 10.6. The highest BCUT2D eigenvalue weighted by Gasteiger charge is 2.10. The van der Waals surface area contributed by atoms with Crippen LogP contribution in [-0.2, 0) is 5.33 Å². The molecule has 0 amide bonds. The molecule has 0 fully saturated rings. The molecule has 0 radical (unpaired) electrons. The summed E-state index contributed by atoms with van der Waals surface area (Å²) in [5.74, 6) is 0. The van der Waals surface area contributed by atoms with Gasteiger partial charge in [0.2, 0.25) is 0 Å². The molecule has 0 spiro atoms. The van der Waals surface area contributed by atoms with Crippen LogP contribution < -0.4 is 0 Å². The first-order valence-electron chi connectivity index (χ1n) is 4.58. The van der Waals surface area contributed by atoms with E-state index >= 15 is 0 Å². The molecular formula is C12H9BrF2. The summed E-state index contributed by atoms with van der Waals surface area (Å²) >= 11 is 3.32. The lowest BCUT2D eigenvalue weighted by Crippen LogP contribution is -1.87. The van der Waals surface area contributed by atoms with Crippen molar-refractivity contribution in [1.82, 2.24) is 0 Å². The molecule has 2 rings (SSSR count). The Kier molecular flexibility index (Phi) is 3.00. The van der Waals surface area contributed by atoms with Gasteiger partial charge in [-0.2, -0.15) is 0 Å². The van der Waals surface area contributed by atoms with E-state index in [0.717, 1.165) is 10.9 Å². The fourth-order valence-electron chi connectivity index (χ4n) is 1.62. The minimum Gasteiger partial charge on any atom is -0.205 e. The number of halogens is 3. The summed E-state index contributed by atoms with van der Waals surface area (Å²) in [6, 6.07) is 10.6. The molecule has 15 heavy (non-hydrogen) atoms. The van der Waals surface area contributed by atoms with Crippen molar-refractivity contribution in [2.75, 3.05) is 0 Å². The second-order valence-corrected chi connectivity index (χ2v) is 3.90. The van der Waals surface area contributed by atoms with Crippen molar-refractivity contribution in [3.8, 4) is 0 Å². The zero-order valence-corrected chi connectivity index (χ0v) is 9.47. The molecule has 0 saturated carbocycles. The van der Waals surface area contributed by atoms with E-state index < -0.39 is 6.43 Å². The standard InChI is InChI=1S/C12H9BrF2/c13-7-8-4-5-9-2-1-3-10(12(14)15)11(9)6-8/h1-6,12H,7H2. The van der Waals surface area contributed by atoms with Gasteiger partial charge in [-0.15, -0.1) is 0 Å². The van der Waals surface area contributed by atoms with Crippen LogP contribution >= 0.6 is 15.9 Å². The average molecular weight is 271 g/mol. The number of fused-ring (bicyclic) bond motifs is 1. The lowest BCUT2D eigenvalue weighted by molar-refractivity contribution is 0.153. The van der Waals surface area contributed by atoms with Crippen molar-refractivity contribution in [3.05, 3.63) is 47.5 Å². The number of hydrogen-bond acceptors (Lipinski definition) is 0. The Balaban J connectivity index is 2.70. The summed E-state index contributed by atoms with van der Waals surface area (Å²) in [6.07, 6.45) is -2.42. The SMILES string of the molecule is FC(F)c1cccc2ccc(CBr)cc12. The Morgan fingerprint density at radius 3 is 2.60 bits per heavy atom. The highest BCUT2D eigenvalue weighted by Crippen LogP contribution is 2.28. The predicted octanol–water partition coefficient (Wildman–Crippen LogP) is 4.67. The zero-order valence-electron chi connectivity index (χ0n) is 7.88. The van der Waals surface area contributed by atoms with Gasteiger partial charge < -0.3 is 0 Å². The summed E-state index contributed by atoms with van der Waals surface area (Å²) in [5, 5.41) is 2.18. The minimum absolute atomic E-state index is 0.107. The topological polar surface area (TPSA) is 0 Å². The van der Waals surface area contributed by atoms with Crippen LogP contribution in [-0.4, -0.2) is 0 Å². The Hall–Kier alpha value is -0.960. The van der Waals surface area contributed by atoms with Crippen molar-refractivity contribution in [2.45, 2.75) is 11.8 Å². The lowest BCUT2D eigenvalue weighted by Gasteiger charge is -2.06. The second-order valence-electron chi connectivity index (χ2n) is 3.34. The van der Waals surface area contributed by atoms with E-state index in [-0.39, 0.29) is 5.56 Å². The van der Waals surface area contributed by atoms with Gasteiger partial charge in [-0.25, -0.2) is 8.78 Å². The number of alkyl halides is 3. The molecule has 0 N–H and O–H groups in total. The highest BCUT2D eigenvalue weighted by molar-refractivity contribution is 9.08. The van der Waals surface area contributed by atoms with Crippen LogP contribution in [0.5, 0.6) is 0 Å². The van der Waals surface area contributed by atoms with Crippen molar-refractivity contribution in [3.63, 3.8) is 0 Å². The maximum Gasteiger partial charge on any atom is 0.264 e. The molecule has 0 saturated heterocycles. The Morgan fingerprint density at radius 2 is 1.93 bits per heavy atom. The summed E-state index contributed by atoms with van der Waals surface area (Å²) < 4.78 is 25.4. The van der Waals surface area contributed by atoms with E-state index in [9.17, 15) is 8.78 Å². The first-order valence-corrected chi connectivity index (χ1v) is 5.70. The molecule has 78 valence electrons. The molecule has 0 heterocycles. The number of rotatable bonds is 2. The maximum atomic E-state index is 12.7. The molecule has 0 aliphatic rings. The summed E-state index contributed by atoms with van der Waals surface area (Å²) in [4.78, 5) is 0. The quantitative estimate of drug-likeness (QED) is 0.696. The molecule has 0 unspecified atom stereocenters. The van der Waals surface area contributed by atoms with Gasteiger partial charge >= 0.3 is 0 Å². The Morgan fingerprint density at radius 1 is 1.13 bits per heavy atom. The van der Waals surface area contributed by atoms with Crippen LogP contribution in [0.25, 0.3) is 10.8 Å². The van der Waals surface area contributed by atoms with E-state index in [4.69, 9.17) is 0 Å². The van der Waals surface area contributed by atoms with Gasteiger partial charge in [0, 0.05) is 10.9 Å². The molecule has 0 aliphatic heterocycles. The van der Waals surface area contributed by atoms with Crippen LogP contribution in [0.4, 0.5) is 8.78 Å². The van der Waals surface area contributed by atoms with Gasteiger partial charge in [-0.3, -0.25) is 0 Å².